The smallest absolute Gasteiger partial charge is 0.338 e. The van der Waals surface area contributed by atoms with Crippen molar-refractivity contribution in [2.24, 2.45) is 13.0 Å². The molecule has 5 rings (SSSR count). The van der Waals surface area contributed by atoms with Gasteiger partial charge in [-0.25, -0.2) is 13.9 Å². The van der Waals surface area contributed by atoms with E-state index in [4.69, 9.17) is 4.74 Å². The van der Waals surface area contributed by atoms with Gasteiger partial charge in [0.1, 0.15) is 31.2 Å². The number of benzene rings is 2. The SMILES string of the molecule is CC(C)CN1c2ccc(C(=O)OCCn3cc[n+](C)c3)cc2N2C(=O)CCC12c1ccccc1. The van der Waals surface area contributed by atoms with Gasteiger partial charge >= 0.3 is 5.97 Å². The van der Waals surface area contributed by atoms with Crippen molar-refractivity contribution in [1.29, 1.82) is 0 Å². The normalized spacial score (nSPS) is 19.0. The van der Waals surface area contributed by atoms with Crippen molar-refractivity contribution in [1.82, 2.24) is 4.57 Å². The minimum Gasteiger partial charge on any atom is -0.458 e. The van der Waals surface area contributed by atoms with Gasteiger partial charge in [-0.2, -0.15) is 0 Å². The first kappa shape index (κ1) is 22.2. The highest BCUT2D eigenvalue weighted by molar-refractivity contribution is 6.06. The molecule has 7 heteroatoms. The number of carbonyl (C=O) groups is 2. The van der Waals surface area contributed by atoms with Crippen molar-refractivity contribution >= 4 is 23.3 Å². The Morgan fingerprint density at radius 3 is 2.65 bits per heavy atom. The lowest BCUT2D eigenvalue weighted by atomic mass is 9.94. The fraction of sp³-hybridized carbons (Fsp3) is 0.370. The number of anilines is 2. The molecule has 0 aliphatic carbocycles. The second-order valence-corrected chi connectivity index (χ2v) is 9.57. The number of aryl methyl sites for hydroxylation is 1. The van der Waals surface area contributed by atoms with Crippen LogP contribution in [-0.2, 0) is 28.8 Å². The number of ether oxygens (including phenoxy) is 1. The van der Waals surface area contributed by atoms with E-state index < -0.39 is 5.66 Å². The maximum Gasteiger partial charge on any atom is 0.338 e. The van der Waals surface area contributed by atoms with Crippen LogP contribution in [-0.4, -0.2) is 29.6 Å². The van der Waals surface area contributed by atoms with E-state index in [1.807, 2.05) is 76.2 Å². The van der Waals surface area contributed by atoms with Crippen LogP contribution in [0.4, 0.5) is 11.4 Å². The zero-order chi connectivity index (χ0) is 23.9. The van der Waals surface area contributed by atoms with E-state index in [0.29, 0.717) is 30.9 Å². The Morgan fingerprint density at radius 2 is 1.94 bits per heavy atom. The van der Waals surface area contributed by atoms with Crippen molar-refractivity contribution < 1.29 is 18.9 Å². The summed E-state index contributed by atoms with van der Waals surface area (Å²) in [6, 6.07) is 15.9. The van der Waals surface area contributed by atoms with Gasteiger partial charge in [-0.3, -0.25) is 9.69 Å². The second-order valence-electron chi connectivity index (χ2n) is 9.57. The zero-order valence-corrected chi connectivity index (χ0v) is 20.0. The molecule has 7 nitrogen and oxygen atoms in total. The Bertz CT molecular complexity index is 1220. The molecule has 0 N–H and O–H groups in total. The monoisotopic (exact) mass is 459 g/mol. The van der Waals surface area contributed by atoms with E-state index in [0.717, 1.165) is 23.5 Å². The fourth-order valence-corrected chi connectivity index (χ4v) is 5.27. The van der Waals surface area contributed by atoms with Gasteiger partial charge in [-0.05, 0) is 29.7 Å². The molecule has 0 radical (unpaired) electrons. The van der Waals surface area contributed by atoms with Crippen LogP contribution < -0.4 is 14.4 Å². The number of nitrogens with zero attached hydrogens (tertiary/aromatic N) is 4. The maximum atomic E-state index is 13.2. The van der Waals surface area contributed by atoms with E-state index in [-0.39, 0.29) is 18.5 Å². The molecule has 0 saturated carbocycles. The second kappa shape index (κ2) is 8.63. The molecule has 1 fully saturated rings. The fourth-order valence-electron chi connectivity index (χ4n) is 5.27. The van der Waals surface area contributed by atoms with Gasteiger partial charge in [0.15, 0.2) is 0 Å². The number of carbonyl (C=O) groups excluding carboxylic acids is 2. The van der Waals surface area contributed by atoms with E-state index in [2.05, 4.69) is 30.9 Å². The van der Waals surface area contributed by atoms with Crippen LogP contribution in [0.5, 0.6) is 0 Å². The molecule has 1 unspecified atom stereocenters. The topological polar surface area (TPSA) is 58.7 Å². The van der Waals surface area contributed by atoms with Crippen molar-refractivity contribution in [2.75, 3.05) is 23.0 Å². The summed E-state index contributed by atoms with van der Waals surface area (Å²) in [6.07, 6.45) is 7.01. The predicted molar refractivity (Wildman–Crippen MR) is 129 cm³/mol. The average Bonchev–Trinajstić information content (AvgIpc) is 3.48. The van der Waals surface area contributed by atoms with Crippen LogP contribution in [0.1, 0.15) is 42.6 Å². The number of hydrogen-bond acceptors (Lipinski definition) is 4. The molecular formula is C27H31N4O3+. The van der Waals surface area contributed by atoms with Gasteiger partial charge < -0.3 is 9.64 Å². The predicted octanol–water partition coefficient (Wildman–Crippen LogP) is 3.63. The molecule has 1 saturated heterocycles. The maximum absolute atomic E-state index is 13.2. The Hall–Kier alpha value is -3.61. The summed E-state index contributed by atoms with van der Waals surface area (Å²) in [4.78, 5) is 30.4. The van der Waals surface area contributed by atoms with Crippen LogP contribution in [0.2, 0.25) is 0 Å². The first-order valence-electron chi connectivity index (χ1n) is 11.9. The Morgan fingerprint density at radius 1 is 1.15 bits per heavy atom. The summed E-state index contributed by atoms with van der Waals surface area (Å²) < 4.78 is 9.47. The molecule has 2 aromatic carbocycles. The minimum absolute atomic E-state index is 0.0855. The quantitative estimate of drug-likeness (QED) is 0.400. The Balaban J connectivity index is 1.46. The summed E-state index contributed by atoms with van der Waals surface area (Å²) in [5.41, 5.74) is 2.78. The lowest BCUT2D eigenvalue weighted by Crippen LogP contribution is -2.52. The summed E-state index contributed by atoms with van der Waals surface area (Å²) in [5.74, 6) is 0.116. The molecule has 1 atom stereocenters. The van der Waals surface area contributed by atoms with Crippen molar-refractivity contribution in [3.8, 4) is 0 Å². The molecule has 2 aliphatic rings. The first-order valence-corrected chi connectivity index (χ1v) is 11.9. The third-order valence-corrected chi connectivity index (χ3v) is 6.69. The van der Waals surface area contributed by atoms with Crippen molar-refractivity contribution in [3.63, 3.8) is 0 Å². The molecule has 0 spiro atoms. The number of aromatic nitrogens is 2. The van der Waals surface area contributed by atoms with E-state index in [1.54, 1.807) is 0 Å². The molecule has 1 aromatic heterocycles. The summed E-state index contributed by atoms with van der Waals surface area (Å²) in [6.45, 7) is 6.05. The lowest BCUT2D eigenvalue weighted by Gasteiger charge is -2.42. The molecule has 2 aliphatic heterocycles. The van der Waals surface area contributed by atoms with Crippen LogP contribution in [0.25, 0.3) is 0 Å². The number of amides is 1. The van der Waals surface area contributed by atoms with Gasteiger partial charge in [-0.1, -0.05) is 44.2 Å². The standard InChI is InChI=1S/C27H31N4O3/c1-20(2)18-30-23-10-9-21(26(33)34-16-15-29-14-13-28(3)19-29)17-24(23)31-25(32)11-12-27(30,31)22-7-5-4-6-8-22/h4-10,13-14,17,19-20H,11-12,15-16,18H2,1-3H3/q+1. The zero-order valence-electron chi connectivity index (χ0n) is 20.0. The molecular weight excluding hydrogens is 428 g/mol. The Labute approximate surface area is 200 Å². The van der Waals surface area contributed by atoms with E-state index in [9.17, 15) is 9.59 Å². The van der Waals surface area contributed by atoms with E-state index in [1.165, 1.54) is 0 Å². The summed E-state index contributed by atoms with van der Waals surface area (Å²) in [7, 11) is 1.95. The van der Waals surface area contributed by atoms with E-state index >= 15 is 0 Å². The molecule has 3 heterocycles. The third kappa shape index (κ3) is 3.65. The minimum atomic E-state index is -0.558. The first-order chi connectivity index (χ1) is 16.4. The molecule has 176 valence electrons. The van der Waals surface area contributed by atoms with Crippen molar-refractivity contribution in [3.05, 3.63) is 78.4 Å². The highest BCUT2D eigenvalue weighted by Gasteiger charge is 2.57. The van der Waals surface area contributed by atoms with Gasteiger partial charge in [0.25, 0.3) is 0 Å². The van der Waals surface area contributed by atoms with Gasteiger partial charge in [0.05, 0.1) is 24.0 Å². The van der Waals surface area contributed by atoms with Crippen LogP contribution in [0, 0.1) is 5.92 Å². The summed E-state index contributed by atoms with van der Waals surface area (Å²) >= 11 is 0. The highest BCUT2D eigenvalue weighted by atomic mass is 16.5. The number of rotatable bonds is 7. The molecule has 1 amide bonds. The average molecular weight is 460 g/mol. The highest BCUT2D eigenvalue weighted by Crippen LogP contribution is 2.56. The summed E-state index contributed by atoms with van der Waals surface area (Å²) in [5, 5.41) is 0. The van der Waals surface area contributed by atoms with Crippen LogP contribution >= 0.6 is 0 Å². The third-order valence-electron chi connectivity index (χ3n) is 6.69. The van der Waals surface area contributed by atoms with Crippen LogP contribution in [0.3, 0.4) is 0 Å². The van der Waals surface area contributed by atoms with Crippen LogP contribution in [0.15, 0.2) is 67.3 Å². The number of hydrogen-bond donors (Lipinski definition) is 0. The largest absolute Gasteiger partial charge is 0.458 e. The van der Waals surface area contributed by atoms with Gasteiger partial charge in [0.2, 0.25) is 12.2 Å². The van der Waals surface area contributed by atoms with Gasteiger partial charge in [-0.15, -0.1) is 0 Å². The number of imidazole rings is 1. The number of esters is 1. The molecule has 34 heavy (non-hydrogen) atoms. The van der Waals surface area contributed by atoms with Crippen molar-refractivity contribution in [2.45, 2.75) is 38.9 Å². The Kier molecular flexibility index (Phi) is 5.63. The van der Waals surface area contributed by atoms with Gasteiger partial charge in [0, 0.05) is 19.4 Å². The molecule has 0 bridgehead atoms. The molecule has 3 aromatic rings. The lowest BCUT2D eigenvalue weighted by molar-refractivity contribution is -0.671. The number of fused-ring (bicyclic) bond motifs is 3.